The van der Waals surface area contributed by atoms with Crippen molar-refractivity contribution in [2.75, 3.05) is 25.6 Å². The molecule has 1 aromatic rings. The van der Waals surface area contributed by atoms with E-state index in [4.69, 9.17) is 15.2 Å². The van der Waals surface area contributed by atoms with Crippen LogP contribution in [-0.2, 0) is 4.74 Å². The number of aryl methyl sites for hydroxylation is 1. The van der Waals surface area contributed by atoms with E-state index in [1.807, 2.05) is 13.0 Å². The van der Waals surface area contributed by atoms with Gasteiger partial charge in [-0.15, -0.1) is 0 Å². The van der Waals surface area contributed by atoms with Gasteiger partial charge in [0.2, 0.25) is 5.88 Å². The molecule has 90 valence electrons. The van der Waals surface area contributed by atoms with Gasteiger partial charge in [-0.05, 0) is 25.0 Å². The number of hydrogen-bond donors (Lipinski definition) is 1. The molecule has 0 amide bonds. The van der Waals surface area contributed by atoms with Crippen molar-refractivity contribution in [2.45, 2.75) is 26.7 Å². The molecule has 0 aliphatic carbocycles. The molecule has 1 heterocycles. The zero-order valence-electron chi connectivity index (χ0n) is 10.0. The van der Waals surface area contributed by atoms with Gasteiger partial charge in [0.15, 0.2) is 0 Å². The first kappa shape index (κ1) is 12.8. The molecule has 0 unspecified atom stereocenters. The number of nitrogens with zero attached hydrogens (tertiary/aromatic N) is 1. The number of hydrogen-bond acceptors (Lipinski definition) is 4. The first-order valence-corrected chi connectivity index (χ1v) is 5.67. The van der Waals surface area contributed by atoms with Gasteiger partial charge in [-0.3, -0.25) is 0 Å². The van der Waals surface area contributed by atoms with Gasteiger partial charge in [-0.1, -0.05) is 13.3 Å². The molecule has 0 aliphatic rings. The lowest BCUT2D eigenvalue weighted by Crippen LogP contribution is -2.09. The van der Waals surface area contributed by atoms with Crippen molar-refractivity contribution in [1.29, 1.82) is 0 Å². The Labute approximate surface area is 96.8 Å². The maximum Gasteiger partial charge on any atom is 0.237 e. The molecule has 4 nitrogen and oxygen atoms in total. The Morgan fingerprint density at radius 1 is 1.31 bits per heavy atom. The molecule has 0 saturated heterocycles. The molecule has 16 heavy (non-hydrogen) atoms. The maximum atomic E-state index is 5.82. The van der Waals surface area contributed by atoms with E-state index in [1.165, 1.54) is 0 Å². The number of pyridine rings is 1. The van der Waals surface area contributed by atoms with Crippen LogP contribution in [0.15, 0.2) is 12.3 Å². The summed E-state index contributed by atoms with van der Waals surface area (Å²) < 4.78 is 10.8. The lowest BCUT2D eigenvalue weighted by atomic mass is 10.2. The fraction of sp³-hybridized carbons (Fsp3) is 0.583. The van der Waals surface area contributed by atoms with Gasteiger partial charge in [-0.25, -0.2) is 4.98 Å². The van der Waals surface area contributed by atoms with E-state index in [-0.39, 0.29) is 0 Å². The van der Waals surface area contributed by atoms with Crippen LogP contribution in [0.25, 0.3) is 0 Å². The van der Waals surface area contributed by atoms with E-state index >= 15 is 0 Å². The SMILES string of the molecule is CCCCOCCOc1nccc(C)c1N. The molecule has 0 saturated carbocycles. The molecule has 1 aromatic heterocycles. The lowest BCUT2D eigenvalue weighted by molar-refractivity contribution is 0.0968. The summed E-state index contributed by atoms with van der Waals surface area (Å²) in [5, 5.41) is 0. The van der Waals surface area contributed by atoms with Crippen LogP contribution in [-0.4, -0.2) is 24.8 Å². The Morgan fingerprint density at radius 2 is 2.12 bits per heavy atom. The zero-order valence-corrected chi connectivity index (χ0v) is 10.0. The van der Waals surface area contributed by atoms with Crippen LogP contribution in [0.4, 0.5) is 5.69 Å². The number of aromatic nitrogens is 1. The average Bonchev–Trinajstić information content (AvgIpc) is 2.29. The quantitative estimate of drug-likeness (QED) is 0.721. The molecule has 0 spiro atoms. The molecular formula is C12H20N2O2. The van der Waals surface area contributed by atoms with E-state index in [9.17, 15) is 0 Å². The van der Waals surface area contributed by atoms with Gasteiger partial charge in [0.05, 0.1) is 12.3 Å². The van der Waals surface area contributed by atoms with Crippen molar-refractivity contribution in [1.82, 2.24) is 4.98 Å². The van der Waals surface area contributed by atoms with Crippen molar-refractivity contribution < 1.29 is 9.47 Å². The molecule has 1 rings (SSSR count). The standard InChI is InChI=1S/C12H20N2O2/c1-3-4-7-15-8-9-16-12-11(13)10(2)5-6-14-12/h5-6H,3-4,7-9,13H2,1-2H3. The van der Waals surface area contributed by atoms with Gasteiger partial charge in [-0.2, -0.15) is 0 Å². The number of unbranched alkanes of at least 4 members (excludes halogenated alkanes) is 1. The van der Waals surface area contributed by atoms with Crippen LogP contribution in [0.5, 0.6) is 5.88 Å². The lowest BCUT2D eigenvalue weighted by Gasteiger charge is -2.09. The number of rotatable bonds is 7. The van der Waals surface area contributed by atoms with Crippen molar-refractivity contribution in [2.24, 2.45) is 0 Å². The number of nitrogens with two attached hydrogens (primary N) is 1. The second-order valence-electron chi connectivity index (χ2n) is 3.66. The van der Waals surface area contributed by atoms with Crippen LogP contribution in [0.2, 0.25) is 0 Å². The summed E-state index contributed by atoms with van der Waals surface area (Å²) in [5.41, 5.74) is 7.41. The second-order valence-corrected chi connectivity index (χ2v) is 3.66. The summed E-state index contributed by atoms with van der Waals surface area (Å²) in [6.45, 7) is 5.93. The highest BCUT2D eigenvalue weighted by Gasteiger charge is 2.03. The largest absolute Gasteiger partial charge is 0.474 e. The van der Waals surface area contributed by atoms with Crippen LogP contribution >= 0.6 is 0 Å². The molecular weight excluding hydrogens is 204 g/mol. The fourth-order valence-electron chi connectivity index (χ4n) is 1.21. The van der Waals surface area contributed by atoms with Crippen LogP contribution in [0, 0.1) is 6.92 Å². The third-order valence-electron chi connectivity index (χ3n) is 2.28. The van der Waals surface area contributed by atoms with Gasteiger partial charge < -0.3 is 15.2 Å². The highest BCUT2D eigenvalue weighted by Crippen LogP contribution is 2.20. The normalized spacial score (nSPS) is 10.4. The minimum absolute atomic E-state index is 0.490. The summed E-state index contributed by atoms with van der Waals surface area (Å²) in [4.78, 5) is 4.07. The summed E-state index contributed by atoms with van der Waals surface area (Å²) in [6, 6.07) is 1.86. The topological polar surface area (TPSA) is 57.4 Å². The van der Waals surface area contributed by atoms with Gasteiger partial charge >= 0.3 is 0 Å². The minimum Gasteiger partial charge on any atom is -0.474 e. The minimum atomic E-state index is 0.490. The molecule has 4 heteroatoms. The van der Waals surface area contributed by atoms with Crippen LogP contribution in [0.3, 0.4) is 0 Å². The van der Waals surface area contributed by atoms with Gasteiger partial charge in [0, 0.05) is 12.8 Å². The van der Waals surface area contributed by atoms with Gasteiger partial charge in [0.1, 0.15) is 6.61 Å². The third kappa shape index (κ3) is 4.06. The molecule has 0 bridgehead atoms. The second kappa shape index (κ2) is 7.06. The fourth-order valence-corrected chi connectivity index (χ4v) is 1.21. The van der Waals surface area contributed by atoms with E-state index in [0.717, 1.165) is 25.0 Å². The smallest absolute Gasteiger partial charge is 0.237 e. The Balaban J connectivity index is 2.24. The van der Waals surface area contributed by atoms with E-state index < -0.39 is 0 Å². The summed E-state index contributed by atoms with van der Waals surface area (Å²) in [6.07, 6.45) is 3.93. The van der Waals surface area contributed by atoms with Crippen LogP contribution < -0.4 is 10.5 Å². The van der Waals surface area contributed by atoms with Crippen molar-refractivity contribution in [3.8, 4) is 5.88 Å². The summed E-state index contributed by atoms with van der Waals surface area (Å²) in [7, 11) is 0. The number of ether oxygens (including phenoxy) is 2. The Morgan fingerprint density at radius 3 is 2.88 bits per heavy atom. The van der Waals surface area contributed by atoms with E-state index in [0.29, 0.717) is 24.8 Å². The average molecular weight is 224 g/mol. The molecule has 2 N–H and O–H groups in total. The van der Waals surface area contributed by atoms with Gasteiger partial charge in [0.25, 0.3) is 0 Å². The predicted octanol–water partition coefficient (Wildman–Crippen LogP) is 2.17. The number of nitrogen functional groups attached to an aromatic ring is 1. The molecule has 0 fully saturated rings. The predicted molar refractivity (Wildman–Crippen MR) is 64.6 cm³/mol. The first-order chi connectivity index (χ1) is 7.75. The maximum absolute atomic E-state index is 5.82. The Hall–Kier alpha value is -1.29. The molecule has 0 aromatic carbocycles. The number of anilines is 1. The molecule has 0 radical (unpaired) electrons. The first-order valence-electron chi connectivity index (χ1n) is 5.67. The van der Waals surface area contributed by atoms with Crippen LogP contribution in [0.1, 0.15) is 25.3 Å². The Bertz CT molecular complexity index is 316. The molecule has 0 aliphatic heterocycles. The van der Waals surface area contributed by atoms with Crippen molar-refractivity contribution in [3.05, 3.63) is 17.8 Å². The van der Waals surface area contributed by atoms with E-state index in [2.05, 4.69) is 11.9 Å². The zero-order chi connectivity index (χ0) is 11.8. The monoisotopic (exact) mass is 224 g/mol. The summed E-state index contributed by atoms with van der Waals surface area (Å²) >= 11 is 0. The van der Waals surface area contributed by atoms with Crippen molar-refractivity contribution >= 4 is 5.69 Å². The Kier molecular flexibility index (Phi) is 5.64. The van der Waals surface area contributed by atoms with Crippen molar-refractivity contribution in [3.63, 3.8) is 0 Å². The third-order valence-corrected chi connectivity index (χ3v) is 2.28. The summed E-state index contributed by atoms with van der Waals surface area (Å²) in [5.74, 6) is 0.499. The highest BCUT2D eigenvalue weighted by molar-refractivity contribution is 5.53. The van der Waals surface area contributed by atoms with E-state index in [1.54, 1.807) is 6.20 Å². The molecule has 0 atom stereocenters. The highest BCUT2D eigenvalue weighted by atomic mass is 16.5.